The maximum atomic E-state index is 12.4. The molecule has 5 nitrogen and oxygen atoms in total. The molecule has 26 heavy (non-hydrogen) atoms. The van der Waals surface area contributed by atoms with Gasteiger partial charge in [-0.2, -0.15) is 0 Å². The van der Waals surface area contributed by atoms with Crippen molar-refractivity contribution >= 4 is 28.6 Å². The summed E-state index contributed by atoms with van der Waals surface area (Å²) in [7, 11) is 0. The van der Waals surface area contributed by atoms with E-state index in [0.29, 0.717) is 16.7 Å². The van der Waals surface area contributed by atoms with Crippen molar-refractivity contribution in [3.63, 3.8) is 0 Å². The third kappa shape index (κ3) is 2.63. The fourth-order valence-corrected chi connectivity index (χ4v) is 3.15. The summed E-state index contributed by atoms with van der Waals surface area (Å²) in [6, 6.07) is 19.6. The van der Waals surface area contributed by atoms with Crippen LogP contribution in [0, 0.1) is 0 Å². The number of hydrogen-bond acceptors (Lipinski definition) is 4. The second-order valence-corrected chi connectivity index (χ2v) is 5.97. The molecule has 0 radical (unpaired) electrons. The van der Waals surface area contributed by atoms with Gasteiger partial charge in [-0.15, -0.1) is 0 Å². The number of hydrogen-bond donors (Lipinski definition) is 0. The van der Waals surface area contributed by atoms with E-state index in [4.69, 9.17) is 4.74 Å². The number of carbonyl (C=O) groups excluding carboxylic acids is 3. The predicted octanol–water partition coefficient (Wildman–Crippen LogP) is 3.29. The van der Waals surface area contributed by atoms with Gasteiger partial charge in [-0.3, -0.25) is 14.5 Å². The molecule has 5 heteroatoms. The van der Waals surface area contributed by atoms with Gasteiger partial charge in [-0.25, -0.2) is 4.79 Å². The van der Waals surface area contributed by atoms with Gasteiger partial charge < -0.3 is 4.74 Å². The molecule has 0 fully saturated rings. The Kier molecular flexibility index (Phi) is 3.97. The number of fused-ring (bicyclic) bond motifs is 2. The van der Waals surface area contributed by atoms with Crippen molar-refractivity contribution in [3.05, 3.63) is 83.4 Å². The van der Waals surface area contributed by atoms with Crippen LogP contribution >= 0.6 is 0 Å². The monoisotopic (exact) mass is 345 g/mol. The minimum absolute atomic E-state index is 0.0306. The molecule has 1 heterocycles. The molecule has 0 aliphatic carbocycles. The van der Waals surface area contributed by atoms with Crippen molar-refractivity contribution in [2.45, 2.75) is 0 Å². The molecule has 4 rings (SSSR count). The van der Waals surface area contributed by atoms with Crippen LogP contribution in [0.2, 0.25) is 0 Å². The number of esters is 1. The quantitative estimate of drug-likeness (QED) is 0.538. The Balaban J connectivity index is 1.45. The van der Waals surface area contributed by atoms with E-state index < -0.39 is 5.97 Å². The molecule has 0 unspecified atom stereocenters. The fraction of sp³-hybridized carbons (Fsp3) is 0.0952. The first-order valence-electron chi connectivity index (χ1n) is 8.27. The Morgan fingerprint density at radius 3 is 2.15 bits per heavy atom. The van der Waals surface area contributed by atoms with E-state index in [1.54, 1.807) is 36.4 Å². The second-order valence-electron chi connectivity index (χ2n) is 5.97. The van der Waals surface area contributed by atoms with E-state index in [2.05, 4.69) is 0 Å². The summed E-state index contributed by atoms with van der Waals surface area (Å²) in [5.74, 6) is -1.18. The van der Waals surface area contributed by atoms with Crippen LogP contribution in [0.4, 0.5) is 0 Å². The lowest BCUT2D eigenvalue weighted by atomic mass is 10.1. The lowest BCUT2D eigenvalue weighted by molar-refractivity contribution is 0.0422. The summed E-state index contributed by atoms with van der Waals surface area (Å²) in [6.45, 7) is -0.0175. The topological polar surface area (TPSA) is 63.7 Å². The minimum Gasteiger partial charge on any atom is -0.460 e. The van der Waals surface area contributed by atoms with Crippen molar-refractivity contribution in [1.82, 2.24) is 4.90 Å². The normalized spacial score (nSPS) is 13.2. The molecule has 0 spiro atoms. The molecule has 0 aromatic heterocycles. The number of rotatable bonds is 4. The summed E-state index contributed by atoms with van der Waals surface area (Å²) in [5, 5.41) is 1.75. The molecular formula is C21H15NO4. The number of amides is 2. The number of benzene rings is 3. The third-order valence-corrected chi connectivity index (χ3v) is 4.44. The van der Waals surface area contributed by atoms with Crippen LogP contribution in [0.3, 0.4) is 0 Å². The lowest BCUT2D eigenvalue weighted by Crippen LogP contribution is -2.33. The third-order valence-electron chi connectivity index (χ3n) is 4.44. The van der Waals surface area contributed by atoms with Crippen LogP contribution in [-0.2, 0) is 4.74 Å². The Hall–Kier alpha value is -3.47. The van der Waals surface area contributed by atoms with Crippen LogP contribution in [0.1, 0.15) is 31.1 Å². The summed E-state index contributed by atoms with van der Waals surface area (Å²) >= 11 is 0. The number of carbonyl (C=O) groups is 3. The van der Waals surface area contributed by atoms with Gasteiger partial charge in [0.25, 0.3) is 11.8 Å². The molecule has 1 aliphatic heterocycles. The van der Waals surface area contributed by atoms with Crippen molar-refractivity contribution in [3.8, 4) is 0 Å². The molecule has 3 aromatic carbocycles. The highest BCUT2D eigenvalue weighted by Crippen LogP contribution is 2.22. The van der Waals surface area contributed by atoms with Gasteiger partial charge in [0.1, 0.15) is 6.61 Å². The van der Waals surface area contributed by atoms with Crippen molar-refractivity contribution < 1.29 is 19.1 Å². The fourth-order valence-electron chi connectivity index (χ4n) is 3.15. The summed E-state index contributed by atoms with van der Waals surface area (Å²) in [5.41, 5.74) is 1.24. The van der Waals surface area contributed by atoms with E-state index in [1.807, 2.05) is 30.3 Å². The number of nitrogens with zero attached hydrogens (tertiary/aromatic N) is 1. The first-order chi connectivity index (χ1) is 12.7. The van der Waals surface area contributed by atoms with Crippen molar-refractivity contribution in [2.75, 3.05) is 13.2 Å². The van der Waals surface area contributed by atoms with Gasteiger partial charge in [0.2, 0.25) is 0 Å². The Labute approximate surface area is 149 Å². The molecule has 2 amide bonds. The van der Waals surface area contributed by atoms with Crippen LogP contribution in [-0.4, -0.2) is 35.8 Å². The van der Waals surface area contributed by atoms with E-state index in [1.165, 1.54) is 0 Å². The molecule has 0 saturated carbocycles. The number of imide groups is 1. The highest BCUT2D eigenvalue weighted by molar-refractivity contribution is 6.21. The smallest absolute Gasteiger partial charge is 0.338 e. The first kappa shape index (κ1) is 16.0. The molecule has 0 N–H and O–H groups in total. The molecule has 128 valence electrons. The highest BCUT2D eigenvalue weighted by Gasteiger charge is 2.34. The van der Waals surface area contributed by atoms with Crippen LogP contribution in [0.25, 0.3) is 10.8 Å². The van der Waals surface area contributed by atoms with Crippen LogP contribution < -0.4 is 0 Å². The van der Waals surface area contributed by atoms with Gasteiger partial charge in [0.15, 0.2) is 0 Å². The zero-order valence-corrected chi connectivity index (χ0v) is 13.8. The maximum absolute atomic E-state index is 12.4. The van der Waals surface area contributed by atoms with Crippen LogP contribution in [0.15, 0.2) is 66.7 Å². The SMILES string of the molecule is O=C(OCCN1C(=O)c2ccccc2C1=O)c1cccc2ccccc12. The summed E-state index contributed by atoms with van der Waals surface area (Å²) in [6.07, 6.45) is 0. The Morgan fingerprint density at radius 1 is 0.808 bits per heavy atom. The van der Waals surface area contributed by atoms with Crippen molar-refractivity contribution in [2.24, 2.45) is 0 Å². The molecule has 0 saturated heterocycles. The summed E-state index contributed by atoms with van der Waals surface area (Å²) in [4.78, 5) is 38.1. The Morgan fingerprint density at radius 2 is 1.42 bits per heavy atom. The minimum atomic E-state index is -0.474. The summed E-state index contributed by atoms with van der Waals surface area (Å²) < 4.78 is 5.31. The molecule has 3 aromatic rings. The largest absolute Gasteiger partial charge is 0.460 e. The average Bonchev–Trinajstić information content (AvgIpc) is 2.92. The van der Waals surface area contributed by atoms with Gasteiger partial charge in [0, 0.05) is 0 Å². The van der Waals surface area contributed by atoms with Gasteiger partial charge in [-0.1, -0.05) is 48.5 Å². The van der Waals surface area contributed by atoms with Crippen LogP contribution in [0.5, 0.6) is 0 Å². The Bertz CT molecular complexity index is 1000. The maximum Gasteiger partial charge on any atom is 0.338 e. The molecule has 0 bridgehead atoms. The molecule has 0 atom stereocenters. The van der Waals surface area contributed by atoms with E-state index in [0.717, 1.165) is 15.7 Å². The van der Waals surface area contributed by atoms with Crippen molar-refractivity contribution in [1.29, 1.82) is 0 Å². The van der Waals surface area contributed by atoms with E-state index in [-0.39, 0.29) is 25.0 Å². The van der Waals surface area contributed by atoms with Gasteiger partial charge in [0.05, 0.1) is 23.2 Å². The van der Waals surface area contributed by atoms with Gasteiger partial charge >= 0.3 is 5.97 Å². The first-order valence-corrected chi connectivity index (χ1v) is 8.27. The second kappa shape index (κ2) is 6.44. The molecule has 1 aliphatic rings. The average molecular weight is 345 g/mol. The predicted molar refractivity (Wildman–Crippen MR) is 96.0 cm³/mol. The zero-order valence-electron chi connectivity index (χ0n) is 13.8. The standard InChI is InChI=1S/C21H15NO4/c23-19-16-9-3-4-10-17(16)20(24)22(19)12-13-26-21(25)18-11-5-7-14-6-1-2-8-15(14)18/h1-11H,12-13H2. The van der Waals surface area contributed by atoms with Gasteiger partial charge in [-0.05, 0) is 29.0 Å². The van der Waals surface area contributed by atoms with E-state index >= 15 is 0 Å². The lowest BCUT2D eigenvalue weighted by Gasteiger charge is -2.14. The van der Waals surface area contributed by atoms with E-state index in [9.17, 15) is 14.4 Å². The number of ether oxygens (including phenoxy) is 1. The highest BCUT2D eigenvalue weighted by atomic mass is 16.5. The zero-order chi connectivity index (χ0) is 18.1. The molecular weight excluding hydrogens is 330 g/mol.